The van der Waals surface area contributed by atoms with Crippen molar-refractivity contribution in [3.63, 3.8) is 0 Å². The van der Waals surface area contributed by atoms with Gasteiger partial charge in [-0.05, 0) is 24.6 Å². The van der Waals surface area contributed by atoms with Gasteiger partial charge in [-0.2, -0.15) is 0 Å². The second kappa shape index (κ2) is 5.71. The highest BCUT2D eigenvalue weighted by molar-refractivity contribution is 6.31. The summed E-state index contributed by atoms with van der Waals surface area (Å²) in [5, 5.41) is 2.83. The Morgan fingerprint density at radius 1 is 0.950 bits per heavy atom. The third-order valence-electron chi connectivity index (χ3n) is 2.81. The van der Waals surface area contributed by atoms with Crippen LogP contribution in [0.4, 0.5) is 23.2 Å². The van der Waals surface area contributed by atoms with E-state index >= 15 is 0 Å². The fourth-order valence-corrected chi connectivity index (χ4v) is 2.13. The van der Waals surface area contributed by atoms with Crippen LogP contribution in [0.1, 0.15) is 18.5 Å². The second-order valence-electron chi connectivity index (χ2n) is 4.28. The first kappa shape index (κ1) is 14.7. The molecule has 1 nitrogen and oxygen atoms in total. The molecule has 1 unspecified atom stereocenters. The zero-order chi connectivity index (χ0) is 14.9. The average molecular weight is 304 g/mol. The molecule has 20 heavy (non-hydrogen) atoms. The lowest BCUT2D eigenvalue weighted by Gasteiger charge is -2.17. The lowest BCUT2D eigenvalue weighted by molar-refractivity contribution is 0.495. The van der Waals surface area contributed by atoms with Crippen molar-refractivity contribution in [3.8, 4) is 0 Å². The van der Waals surface area contributed by atoms with E-state index in [9.17, 15) is 17.6 Å². The zero-order valence-electron chi connectivity index (χ0n) is 10.4. The predicted molar refractivity (Wildman–Crippen MR) is 69.8 cm³/mol. The largest absolute Gasteiger partial charge is 0.376 e. The van der Waals surface area contributed by atoms with Crippen LogP contribution in [-0.4, -0.2) is 0 Å². The van der Waals surface area contributed by atoms with Gasteiger partial charge in [-0.1, -0.05) is 17.7 Å². The molecule has 0 aliphatic carbocycles. The Morgan fingerprint density at radius 2 is 1.60 bits per heavy atom. The van der Waals surface area contributed by atoms with Crippen molar-refractivity contribution in [2.24, 2.45) is 0 Å². The van der Waals surface area contributed by atoms with Gasteiger partial charge >= 0.3 is 0 Å². The summed E-state index contributed by atoms with van der Waals surface area (Å²) in [5.41, 5.74) is 0.314. The molecular formula is C14H10ClF4N. The van der Waals surface area contributed by atoms with Crippen LogP contribution in [-0.2, 0) is 0 Å². The number of rotatable bonds is 3. The zero-order valence-corrected chi connectivity index (χ0v) is 11.1. The minimum atomic E-state index is -1.26. The van der Waals surface area contributed by atoms with Gasteiger partial charge in [0.15, 0.2) is 11.6 Å². The highest BCUT2D eigenvalue weighted by Crippen LogP contribution is 2.28. The number of hydrogen-bond acceptors (Lipinski definition) is 1. The summed E-state index contributed by atoms with van der Waals surface area (Å²) in [6.07, 6.45) is 0. The van der Waals surface area contributed by atoms with E-state index in [0.29, 0.717) is 11.6 Å². The highest BCUT2D eigenvalue weighted by Gasteiger charge is 2.15. The minimum Gasteiger partial charge on any atom is -0.376 e. The maximum absolute atomic E-state index is 13.5. The first-order valence-electron chi connectivity index (χ1n) is 5.74. The van der Waals surface area contributed by atoms with Crippen LogP contribution < -0.4 is 5.32 Å². The van der Waals surface area contributed by atoms with Crippen molar-refractivity contribution in [2.75, 3.05) is 5.32 Å². The molecule has 0 fully saturated rings. The van der Waals surface area contributed by atoms with Crippen molar-refractivity contribution in [1.29, 1.82) is 0 Å². The van der Waals surface area contributed by atoms with E-state index in [0.717, 1.165) is 12.1 Å². The summed E-state index contributed by atoms with van der Waals surface area (Å²) in [7, 11) is 0. The maximum atomic E-state index is 13.5. The van der Waals surface area contributed by atoms with Gasteiger partial charge in [-0.25, -0.2) is 17.6 Å². The fourth-order valence-electron chi connectivity index (χ4n) is 1.80. The van der Waals surface area contributed by atoms with Crippen molar-refractivity contribution >= 4 is 17.3 Å². The molecule has 0 amide bonds. The van der Waals surface area contributed by atoms with Crippen molar-refractivity contribution in [3.05, 3.63) is 64.2 Å². The normalized spacial score (nSPS) is 12.3. The minimum absolute atomic E-state index is 0.160. The smallest absolute Gasteiger partial charge is 0.161 e. The van der Waals surface area contributed by atoms with Crippen LogP contribution in [0.2, 0.25) is 5.02 Å². The van der Waals surface area contributed by atoms with Gasteiger partial charge in [-0.15, -0.1) is 0 Å². The van der Waals surface area contributed by atoms with Gasteiger partial charge in [0, 0.05) is 17.2 Å². The summed E-state index contributed by atoms with van der Waals surface area (Å²) < 4.78 is 52.4. The average Bonchev–Trinajstić information content (AvgIpc) is 2.35. The lowest BCUT2D eigenvalue weighted by Crippen LogP contribution is -2.09. The Morgan fingerprint density at radius 3 is 2.25 bits per heavy atom. The molecule has 0 heterocycles. The summed E-state index contributed by atoms with van der Waals surface area (Å²) in [4.78, 5) is 0. The van der Waals surface area contributed by atoms with Gasteiger partial charge < -0.3 is 5.32 Å². The van der Waals surface area contributed by atoms with Crippen molar-refractivity contribution in [2.45, 2.75) is 13.0 Å². The Hall–Kier alpha value is -1.75. The molecule has 106 valence electrons. The van der Waals surface area contributed by atoms with Crippen LogP contribution in [0.5, 0.6) is 0 Å². The summed E-state index contributed by atoms with van der Waals surface area (Å²) >= 11 is 5.88. The molecule has 2 rings (SSSR count). The molecule has 0 aromatic heterocycles. The van der Waals surface area contributed by atoms with Gasteiger partial charge in [0.05, 0.1) is 11.7 Å². The molecule has 2 aromatic carbocycles. The monoisotopic (exact) mass is 303 g/mol. The summed E-state index contributed by atoms with van der Waals surface area (Å²) in [6.45, 7) is 1.64. The molecule has 1 N–H and O–H groups in total. The first-order chi connectivity index (χ1) is 9.38. The second-order valence-corrected chi connectivity index (χ2v) is 4.69. The molecule has 0 radical (unpaired) electrons. The Kier molecular flexibility index (Phi) is 4.18. The quantitative estimate of drug-likeness (QED) is 0.616. The third-order valence-corrected chi connectivity index (χ3v) is 3.14. The summed E-state index contributed by atoms with van der Waals surface area (Å²) in [5.74, 6) is -3.84. The molecule has 0 bridgehead atoms. The molecule has 0 spiro atoms. The Balaban J connectivity index is 2.27. The molecular weight excluding hydrogens is 294 g/mol. The van der Waals surface area contributed by atoms with E-state index in [2.05, 4.69) is 5.32 Å². The van der Waals surface area contributed by atoms with Gasteiger partial charge in [-0.3, -0.25) is 0 Å². The van der Waals surface area contributed by atoms with E-state index in [4.69, 9.17) is 11.6 Å². The number of halogens is 5. The molecule has 2 aromatic rings. The number of anilines is 1. The van der Waals surface area contributed by atoms with E-state index in [1.165, 1.54) is 12.1 Å². The maximum Gasteiger partial charge on any atom is 0.161 e. The van der Waals surface area contributed by atoms with Crippen molar-refractivity contribution in [1.82, 2.24) is 0 Å². The molecule has 0 saturated carbocycles. The van der Waals surface area contributed by atoms with E-state index < -0.39 is 29.3 Å². The van der Waals surface area contributed by atoms with Gasteiger partial charge in [0.1, 0.15) is 11.6 Å². The fraction of sp³-hybridized carbons (Fsp3) is 0.143. The van der Waals surface area contributed by atoms with Gasteiger partial charge in [0.2, 0.25) is 0 Å². The molecule has 6 heteroatoms. The van der Waals surface area contributed by atoms with E-state index in [1.54, 1.807) is 6.92 Å². The standard InChI is InChI=1S/C14H10ClF4N/c1-7(9-3-2-8(16)4-10(9)15)20-14-6-12(18)11(17)5-13(14)19/h2-7,20H,1H3. The SMILES string of the molecule is CC(Nc1cc(F)c(F)cc1F)c1ccc(F)cc1Cl. The molecule has 0 aliphatic rings. The molecule has 1 atom stereocenters. The lowest BCUT2D eigenvalue weighted by atomic mass is 10.1. The Bertz CT molecular complexity index is 645. The Labute approximate surface area is 118 Å². The topological polar surface area (TPSA) is 12.0 Å². The number of nitrogens with one attached hydrogen (secondary N) is 1. The van der Waals surface area contributed by atoms with Crippen LogP contribution in [0.25, 0.3) is 0 Å². The molecule has 0 saturated heterocycles. The van der Waals surface area contributed by atoms with Crippen LogP contribution in [0.3, 0.4) is 0 Å². The van der Waals surface area contributed by atoms with E-state index in [-0.39, 0.29) is 10.7 Å². The predicted octanol–water partition coefficient (Wildman–Crippen LogP) is 5.07. The van der Waals surface area contributed by atoms with Crippen LogP contribution in [0.15, 0.2) is 30.3 Å². The van der Waals surface area contributed by atoms with Gasteiger partial charge in [0.25, 0.3) is 0 Å². The van der Waals surface area contributed by atoms with Crippen LogP contribution >= 0.6 is 11.6 Å². The van der Waals surface area contributed by atoms with E-state index in [1.807, 2.05) is 0 Å². The molecule has 0 aliphatic heterocycles. The van der Waals surface area contributed by atoms with Crippen LogP contribution in [0, 0.1) is 23.3 Å². The summed E-state index contributed by atoms with van der Waals surface area (Å²) in [6, 6.07) is 4.43. The number of benzene rings is 2. The highest BCUT2D eigenvalue weighted by atomic mass is 35.5. The number of hydrogen-bond donors (Lipinski definition) is 1. The first-order valence-corrected chi connectivity index (χ1v) is 6.12. The van der Waals surface area contributed by atoms with Crippen molar-refractivity contribution < 1.29 is 17.6 Å². The third kappa shape index (κ3) is 3.04.